The SMILES string of the molecule is Cc1cc(CNC(C)(C)C)ccc1N1CCOC(CO)C1. The summed E-state index contributed by atoms with van der Waals surface area (Å²) < 4.78 is 5.52. The second-order valence-electron chi connectivity index (χ2n) is 6.85. The van der Waals surface area contributed by atoms with E-state index in [4.69, 9.17) is 4.74 Å². The second kappa shape index (κ2) is 6.77. The minimum Gasteiger partial charge on any atom is -0.394 e. The number of aliphatic hydroxyl groups excluding tert-OH is 1. The zero-order chi connectivity index (χ0) is 15.5. The minimum absolute atomic E-state index is 0.0691. The van der Waals surface area contributed by atoms with Crippen LogP contribution in [-0.4, -0.2) is 43.1 Å². The number of ether oxygens (including phenoxy) is 1. The molecule has 2 rings (SSSR count). The summed E-state index contributed by atoms with van der Waals surface area (Å²) >= 11 is 0. The van der Waals surface area contributed by atoms with Crippen LogP contribution in [0.2, 0.25) is 0 Å². The monoisotopic (exact) mass is 292 g/mol. The van der Waals surface area contributed by atoms with Crippen LogP contribution in [0.3, 0.4) is 0 Å². The molecule has 1 heterocycles. The smallest absolute Gasteiger partial charge is 0.0980 e. The average Bonchev–Trinajstić information content (AvgIpc) is 2.44. The van der Waals surface area contributed by atoms with Gasteiger partial charge in [0, 0.05) is 30.9 Å². The van der Waals surface area contributed by atoms with Crippen LogP contribution >= 0.6 is 0 Å². The number of morpholine rings is 1. The van der Waals surface area contributed by atoms with Crippen molar-refractivity contribution in [1.29, 1.82) is 0 Å². The highest BCUT2D eigenvalue weighted by molar-refractivity contribution is 5.55. The number of nitrogens with zero attached hydrogens (tertiary/aromatic N) is 1. The number of aliphatic hydroxyl groups is 1. The maximum atomic E-state index is 9.26. The molecule has 118 valence electrons. The van der Waals surface area contributed by atoms with Crippen molar-refractivity contribution >= 4 is 5.69 Å². The number of rotatable bonds is 4. The van der Waals surface area contributed by atoms with Crippen molar-refractivity contribution in [2.24, 2.45) is 0 Å². The highest BCUT2D eigenvalue weighted by Gasteiger charge is 2.21. The van der Waals surface area contributed by atoms with E-state index in [2.05, 4.69) is 56.1 Å². The van der Waals surface area contributed by atoms with Gasteiger partial charge in [0.15, 0.2) is 0 Å². The zero-order valence-electron chi connectivity index (χ0n) is 13.6. The zero-order valence-corrected chi connectivity index (χ0v) is 13.6. The number of anilines is 1. The molecule has 1 fully saturated rings. The molecule has 1 unspecified atom stereocenters. The van der Waals surface area contributed by atoms with Crippen molar-refractivity contribution in [2.45, 2.75) is 45.9 Å². The highest BCUT2D eigenvalue weighted by Crippen LogP contribution is 2.23. The van der Waals surface area contributed by atoms with Gasteiger partial charge < -0.3 is 20.1 Å². The third-order valence-corrected chi connectivity index (χ3v) is 3.77. The van der Waals surface area contributed by atoms with Crippen LogP contribution in [0.25, 0.3) is 0 Å². The van der Waals surface area contributed by atoms with Crippen molar-refractivity contribution < 1.29 is 9.84 Å². The third kappa shape index (κ3) is 4.70. The molecule has 1 aromatic carbocycles. The summed E-state index contributed by atoms with van der Waals surface area (Å²) in [4.78, 5) is 2.31. The lowest BCUT2D eigenvalue weighted by Crippen LogP contribution is -2.44. The van der Waals surface area contributed by atoms with Crippen LogP contribution < -0.4 is 10.2 Å². The van der Waals surface area contributed by atoms with Gasteiger partial charge >= 0.3 is 0 Å². The predicted octanol–water partition coefficient (Wildman–Crippen LogP) is 2.08. The molecule has 0 spiro atoms. The maximum absolute atomic E-state index is 9.26. The molecule has 4 heteroatoms. The summed E-state index contributed by atoms with van der Waals surface area (Å²) in [6, 6.07) is 6.62. The Hall–Kier alpha value is -1.10. The van der Waals surface area contributed by atoms with E-state index < -0.39 is 0 Å². The lowest BCUT2D eigenvalue weighted by atomic mass is 10.1. The molecule has 1 atom stereocenters. The lowest BCUT2D eigenvalue weighted by Gasteiger charge is -2.34. The molecule has 0 radical (unpaired) electrons. The number of hydrogen-bond donors (Lipinski definition) is 2. The Morgan fingerprint density at radius 3 is 2.76 bits per heavy atom. The fourth-order valence-corrected chi connectivity index (χ4v) is 2.60. The largest absolute Gasteiger partial charge is 0.394 e. The van der Waals surface area contributed by atoms with Crippen LogP contribution in [0.1, 0.15) is 31.9 Å². The van der Waals surface area contributed by atoms with Gasteiger partial charge in [-0.2, -0.15) is 0 Å². The summed E-state index contributed by atoms with van der Waals surface area (Å²) in [5, 5.41) is 12.8. The van der Waals surface area contributed by atoms with Crippen LogP contribution in [0.5, 0.6) is 0 Å². The Labute approximate surface area is 128 Å². The quantitative estimate of drug-likeness (QED) is 0.892. The Morgan fingerprint density at radius 1 is 1.38 bits per heavy atom. The second-order valence-corrected chi connectivity index (χ2v) is 6.85. The molecule has 21 heavy (non-hydrogen) atoms. The third-order valence-electron chi connectivity index (χ3n) is 3.77. The topological polar surface area (TPSA) is 44.7 Å². The van der Waals surface area contributed by atoms with Gasteiger partial charge in [-0.3, -0.25) is 0 Å². The molecule has 0 aromatic heterocycles. The standard InChI is InChI=1S/C17H28N2O2/c1-13-9-14(10-18-17(2,3)4)5-6-16(13)19-7-8-21-15(11-19)12-20/h5-6,9,15,18,20H,7-8,10-12H2,1-4H3. The van der Waals surface area contributed by atoms with Gasteiger partial charge in [0.2, 0.25) is 0 Å². The first-order chi connectivity index (χ1) is 9.89. The van der Waals surface area contributed by atoms with E-state index in [1.807, 2.05) is 0 Å². The number of hydrogen-bond acceptors (Lipinski definition) is 4. The highest BCUT2D eigenvalue weighted by atomic mass is 16.5. The van der Waals surface area contributed by atoms with Gasteiger partial charge in [0.1, 0.15) is 0 Å². The molecule has 0 aliphatic carbocycles. The Morgan fingerprint density at radius 2 is 2.14 bits per heavy atom. The van der Waals surface area contributed by atoms with Crippen molar-refractivity contribution in [1.82, 2.24) is 5.32 Å². The molecule has 0 bridgehead atoms. The van der Waals surface area contributed by atoms with Crippen molar-refractivity contribution in [3.8, 4) is 0 Å². The number of benzene rings is 1. The Kier molecular flexibility index (Phi) is 5.25. The molecule has 0 amide bonds. The lowest BCUT2D eigenvalue weighted by molar-refractivity contribution is 0.00354. The van der Waals surface area contributed by atoms with E-state index >= 15 is 0 Å². The van der Waals surface area contributed by atoms with E-state index in [1.165, 1.54) is 16.8 Å². The molecule has 1 aliphatic rings. The van der Waals surface area contributed by atoms with Crippen molar-refractivity contribution in [3.63, 3.8) is 0 Å². The van der Waals surface area contributed by atoms with Gasteiger partial charge in [0.05, 0.1) is 19.3 Å². The van der Waals surface area contributed by atoms with Crippen molar-refractivity contribution in [2.75, 3.05) is 31.2 Å². The van der Waals surface area contributed by atoms with Crippen LogP contribution in [0, 0.1) is 6.92 Å². The summed E-state index contributed by atoms with van der Waals surface area (Å²) in [5.41, 5.74) is 3.96. The van der Waals surface area contributed by atoms with E-state index in [-0.39, 0.29) is 18.2 Å². The molecule has 1 aliphatic heterocycles. The fourth-order valence-electron chi connectivity index (χ4n) is 2.60. The molecule has 4 nitrogen and oxygen atoms in total. The maximum Gasteiger partial charge on any atom is 0.0980 e. The fraction of sp³-hybridized carbons (Fsp3) is 0.647. The number of aryl methyl sites for hydroxylation is 1. The summed E-state index contributed by atoms with van der Waals surface area (Å²) in [7, 11) is 0. The average molecular weight is 292 g/mol. The molecule has 1 saturated heterocycles. The van der Waals surface area contributed by atoms with Crippen LogP contribution in [0.4, 0.5) is 5.69 Å². The van der Waals surface area contributed by atoms with Gasteiger partial charge in [-0.1, -0.05) is 12.1 Å². The molecule has 0 saturated carbocycles. The van der Waals surface area contributed by atoms with E-state index in [1.54, 1.807) is 0 Å². The van der Waals surface area contributed by atoms with Crippen molar-refractivity contribution in [3.05, 3.63) is 29.3 Å². The number of nitrogens with one attached hydrogen (secondary N) is 1. The molecule has 1 aromatic rings. The first-order valence-electron chi connectivity index (χ1n) is 7.71. The van der Waals surface area contributed by atoms with Gasteiger partial charge in [0.25, 0.3) is 0 Å². The summed E-state index contributed by atoms with van der Waals surface area (Å²) in [6.45, 7) is 12.0. The molecule has 2 N–H and O–H groups in total. The summed E-state index contributed by atoms with van der Waals surface area (Å²) in [5.74, 6) is 0. The van der Waals surface area contributed by atoms with E-state index in [0.717, 1.165) is 19.6 Å². The minimum atomic E-state index is -0.0691. The van der Waals surface area contributed by atoms with E-state index in [0.29, 0.717) is 6.61 Å². The summed E-state index contributed by atoms with van der Waals surface area (Å²) in [6.07, 6.45) is -0.0691. The van der Waals surface area contributed by atoms with Gasteiger partial charge in [-0.05, 0) is 44.9 Å². The Balaban J connectivity index is 2.05. The van der Waals surface area contributed by atoms with Crippen LogP contribution in [-0.2, 0) is 11.3 Å². The first-order valence-corrected chi connectivity index (χ1v) is 7.71. The normalized spacial score (nSPS) is 19.9. The molecular formula is C17H28N2O2. The van der Waals surface area contributed by atoms with Gasteiger partial charge in [-0.25, -0.2) is 0 Å². The Bertz CT molecular complexity index is 468. The van der Waals surface area contributed by atoms with Crippen LogP contribution in [0.15, 0.2) is 18.2 Å². The van der Waals surface area contributed by atoms with E-state index in [9.17, 15) is 5.11 Å². The van der Waals surface area contributed by atoms with Gasteiger partial charge in [-0.15, -0.1) is 0 Å². The predicted molar refractivity (Wildman–Crippen MR) is 86.8 cm³/mol. The molecular weight excluding hydrogens is 264 g/mol. The first kappa shape index (κ1) is 16.3.